The molecule has 0 fully saturated rings. The first-order chi connectivity index (χ1) is 9.31. The quantitative estimate of drug-likeness (QED) is 0.772. The third kappa shape index (κ3) is 2.02. The molecule has 2 aromatic rings. The van der Waals surface area contributed by atoms with Crippen molar-refractivity contribution in [2.24, 2.45) is 0 Å². The van der Waals surface area contributed by atoms with Gasteiger partial charge in [-0.1, -0.05) is 42.5 Å². The Bertz CT molecular complexity index is 605. The van der Waals surface area contributed by atoms with Crippen molar-refractivity contribution in [3.63, 3.8) is 0 Å². The standard InChI is InChI=1S/C16H14O3/c1-18-16(17)13-9-5-8-12-14(13)10-19-15(12)11-6-3-2-4-7-11/h2-9,15H,10H2,1H3. The van der Waals surface area contributed by atoms with Crippen LogP contribution in [0.5, 0.6) is 0 Å². The van der Waals surface area contributed by atoms with Crippen molar-refractivity contribution in [3.05, 3.63) is 70.8 Å². The SMILES string of the molecule is COC(=O)c1cccc2c1COC2c1ccccc1. The zero-order chi connectivity index (χ0) is 13.2. The molecule has 1 aliphatic rings. The van der Waals surface area contributed by atoms with Crippen LogP contribution in [-0.4, -0.2) is 13.1 Å². The Morgan fingerprint density at radius 1 is 1.16 bits per heavy atom. The fourth-order valence-electron chi connectivity index (χ4n) is 2.47. The smallest absolute Gasteiger partial charge is 0.338 e. The number of hydrogen-bond acceptors (Lipinski definition) is 3. The summed E-state index contributed by atoms with van der Waals surface area (Å²) in [6.45, 7) is 0.445. The van der Waals surface area contributed by atoms with Gasteiger partial charge in [-0.2, -0.15) is 0 Å². The van der Waals surface area contributed by atoms with Crippen LogP contribution in [0.3, 0.4) is 0 Å². The van der Waals surface area contributed by atoms with Gasteiger partial charge in [-0.05, 0) is 22.8 Å². The average molecular weight is 254 g/mol. The highest BCUT2D eigenvalue weighted by atomic mass is 16.5. The van der Waals surface area contributed by atoms with Crippen LogP contribution in [0.1, 0.15) is 33.2 Å². The summed E-state index contributed by atoms with van der Waals surface area (Å²) in [6.07, 6.45) is -0.0965. The lowest BCUT2D eigenvalue weighted by Crippen LogP contribution is -2.05. The van der Waals surface area contributed by atoms with Crippen LogP contribution in [0.2, 0.25) is 0 Å². The molecule has 1 unspecified atom stereocenters. The van der Waals surface area contributed by atoms with Crippen LogP contribution in [0.4, 0.5) is 0 Å². The summed E-state index contributed by atoms with van der Waals surface area (Å²) < 4.78 is 10.6. The highest BCUT2D eigenvalue weighted by molar-refractivity contribution is 5.91. The minimum absolute atomic E-state index is 0.0965. The van der Waals surface area contributed by atoms with Crippen molar-refractivity contribution in [2.75, 3.05) is 7.11 Å². The van der Waals surface area contributed by atoms with E-state index in [1.54, 1.807) is 6.07 Å². The van der Waals surface area contributed by atoms with Crippen molar-refractivity contribution < 1.29 is 14.3 Å². The van der Waals surface area contributed by atoms with Crippen LogP contribution in [0.25, 0.3) is 0 Å². The molecule has 0 N–H and O–H groups in total. The number of esters is 1. The van der Waals surface area contributed by atoms with Crippen molar-refractivity contribution in [3.8, 4) is 0 Å². The Hall–Kier alpha value is -2.13. The summed E-state index contributed by atoms with van der Waals surface area (Å²) in [7, 11) is 1.40. The second-order valence-corrected chi connectivity index (χ2v) is 4.47. The predicted molar refractivity (Wildman–Crippen MR) is 70.9 cm³/mol. The van der Waals surface area contributed by atoms with Gasteiger partial charge >= 0.3 is 5.97 Å². The summed E-state index contributed by atoms with van der Waals surface area (Å²) in [5.74, 6) is -0.311. The molecule has 1 atom stereocenters. The number of carbonyl (C=O) groups is 1. The van der Waals surface area contributed by atoms with E-state index in [2.05, 4.69) is 0 Å². The molecule has 0 aliphatic carbocycles. The molecular formula is C16H14O3. The number of carbonyl (C=O) groups excluding carboxylic acids is 1. The molecule has 0 saturated carbocycles. The van der Waals surface area contributed by atoms with Crippen LogP contribution >= 0.6 is 0 Å². The topological polar surface area (TPSA) is 35.5 Å². The van der Waals surface area contributed by atoms with E-state index in [1.807, 2.05) is 42.5 Å². The van der Waals surface area contributed by atoms with E-state index in [0.717, 1.165) is 16.7 Å². The first-order valence-electron chi connectivity index (χ1n) is 6.18. The molecule has 2 aromatic carbocycles. The molecule has 0 aromatic heterocycles. The van der Waals surface area contributed by atoms with E-state index < -0.39 is 0 Å². The van der Waals surface area contributed by atoms with Crippen LogP contribution < -0.4 is 0 Å². The largest absolute Gasteiger partial charge is 0.465 e. The van der Waals surface area contributed by atoms with E-state index in [4.69, 9.17) is 9.47 Å². The molecule has 1 heterocycles. The Balaban J connectivity index is 2.05. The zero-order valence-electron chi connectivity index (χ0n) is 10.6. The van der Waals surface area contributed by atoms with E-state index in [0.29, 0.717) is 12.2 Å². The highest BCUT2D eigenvalue weighted by Crippen LogP contribution is 2.37. The van der Waals surface area contributed by atoms with Gasteiger partial charge in [0.25, 0.3) is 0 Å². The Morgan fingerprint density at radius 3 is 2.68 bits per heavy atom. The molecule has 3 heteroatoms. The van der Waals surface area contributed by atoms with Crippen LogP contribution in [-0.2, 0) is 16.1 Å². The molecule has 0 bridgehead atoms. The fraction of sp³-hybridized carbons (Fsp3) is 0.188. The normalized spacial score (nSPS) is 17.0. The molecule has 0 amide bonds. The van der Waals surface area contributed by atoms with Gasteiger partial charge in [-0.15, -0.1) is 0 Å². The maximum atomic E-state index is 11.7. The van der Waals surface area contributed by atoms with Gasteiger partial charge < -0.3 is 9.47 Å². The summed E-state index contributed by atoms with van der Waals surface area (Å²) in [6, 6.07) is 15.7. The van der Waals surface area contributed by atoms with Crippen molar-refractivity contribution in [2.45, 2.75) is 12.7 Å². The maximum Gasteiger partial charge on any atom is 0.338 e. The summed E-state index contributed by atoms with van der Waals surface area (Å²) in [4.78, 5) is 11.7. The number of rotatable bonds is 2. The first-order valence-corrected chi connectivity index (χ1v) is 6.18. The van der Waals surface area contributed by atoms with Gasteiger partial charge in [0.1, 0.15) is 6.10 Å². The summed E-state index contributed by atoms with van der Waals surface area (Å²) >= 11 is 0. The van der Waals surface area contributed by atoms with Crippen molar-refractivity contribution >= 4 is 5.97 Å². The molecular weight excluding hydrogens is 240 g/mol. The van der Waals surface area contributed by atoms with Crippen LogP contribution in [0.15, 0.2) is 48.5 Å². The van der Waals surface area contributed by atoms with Gasteiger partial charge in [0.05, 0.1) is 19.3 Å². The molecule has 0 radical (unpaired) electrons. The van der Waals surface area contributed by atoms with E-state index in [-0.39, 0.29) is 12.1 Å². The summed E-state index contributed by atoms with van der Waals surface area (Å²) in [5, 5.41) is 0. The van der Waals surface area contributed by atoms with Crippen molar-refractivity contribution in [1.29, 1.82) is 0 Å². The molecule has 1 aliphatic heterocycles. The molecule has 3 rings (SSSR count). The molecule has 0 saturated heterocycles. The fourth-order valence-corrected chi connectivity index (χ4v) is 2.47. The average Bonchev–Trinajstić information content (AvgIpc) is 2.91. The Labute approximate surface area is 111 Å². The number of benzene rings is 2. The second-order valence-electron chi connectivity index (χ2n) is 4.47. The van der Waals surface area contributed by atoms with Gasteiger partial charge in [-0.25, -0.2) is 4.79 Å². The number of hydrogen-bond donors (Lipinski definition) is 0. The third-order valence-corrected chi connectivity index (χ3v) is 3.40. The molecule has 3 nitrogen and oxygen atoms in total. The minimum atomic E-state index is -0.311. The zero-order valence-corrected chi connectivity index (χ0v) is 10.6. The van der Waals surface area contributed by atoms with Gasteiger partial charge in [0, 0.05) is 0 Å². The number of fused-ring (bicyclic) bond motifs is 1. The molecule has 96 valence electrons. The minimum Gasteiger partial charge on any atom is -0.465 e. The molecule has 0 spiro atoms. The summed E-state index contributed by atoms with van der Waals surface area (Å²) in [5.41, 5.74) is 3.68. The lowest BCUT2D eigenvalue weighted by Gasteiger charge is -2.11. The van der Waals surface area contributed by atoms with Crippen LogP contribution in [0, 0.1) is 0 Å². The monoisotopic (exact) mass is 254 g/mol. The lowest BCUT2D eigenvalue weighted by molar-refractivity contribution is 0.0593. The second kappa shape index (κ2) is 4.86. The third-order valence-electron chi connectivity index (χ3n) is 3.40. The van der Waals surface area contributed by atoms with E-state index >= 15 is 0 Å². The lowest BCUT2D eigenvalue weighted by atomic mass is 9.96. The van der Waals surface area contributed by atoms with Gasteiger partial charge in [0.2, 0.25) is 0 Å². The van der Waals surface area contributed by atoms with E-state index in [1.165, 1.54) is 7.11 Å². The number of ether oxygens (including phenoxy) is 2. The number of methoxy groups -OCH3 is 1. The van der Waals surface area contributed by atoms with Gasteiger partial charge in [-0.3, -0.25) is 0 Å². The Morgan fingerprint density at radius 2 is 1.95 bits per heavy atom. The maximum absolute atomic E-state index is 11.7. The highest BCUT2D eigenvalue weighted by Gasteiger charge is 2.28. The predicted octanol–water partition coefficient (Wildman–Crippen LogP) is 3.09. The van der Waals surface area contributed by atoms with Crippen molar-refractivity contribution in [1.82, 2.24) is 0 Å². The molecule has 19 heavy (non-hydrogen) atoms. The van der Waals surface area contributed by atoms with E-state index in [9.17, 15) is 4.79 Å². The first kappa shape index (κ1) is 11.9. The Kier molecular flexibility index (Phi) is 3.05. The van der Waals surface area contributed by atoms with Gasteiger partial charge in [0.15, 0.2) is 0 Å².